The zero-order valence-electron chi connectivity index (χ0n) is 13.4. The molecular formula is C18H23NOS. The topological polar surface area (TPSA) is 29.1 Å². The zero-order valence-corrected chi connectivity index (χ0v) is 14.2. The van der Waals surface area contributed by atoms with Crippen LogP contribution in [0.15, 0.2) is 29.6 Å². The van der Waals surface area contributed by atoms with Crippen LogP contribution in [0.4, 0.5) is 5.69 Å². The summed E-state index contributed by atoms with van der Waals surface area (Å²) < 4.78 is 0. The van der Waals surface area contributed by atoms with Crippen LogP contribution in [0.1, 0.15) is 65.9 Å². The first-order chi connectivity index (χ1) is 9.90. The summed E-state index contributed by atoms with van der Waals surface area (Å²) >= 11 is 1.49. The maximum Gasteiger partial charge on any atom is 0.266 e. The first kappa shape index (κ1) is 15.8. The molecular weight excluding hydrogens is 278 g/mol. The third kappa shape index (κ3) is 3.53. The molecule has 1 aromatic heterocycles. The molecule has 0 unspecified atom stereocenters. The van der Waals surface area contributed by atoms with E-state index in [4.69, 9.17) is 0 Å². The number of benzene rings is 1. The molecule has 0 atom stereocenters. The van der Waals surface area contributed by atoms with Gasteiger partial charge in [0, 0.05) is 5.69 Å². The van der Waals surface area contributed by atoms with Crippen LogP contribution in [-0.4, -0.2) is 5.91 Å². The molecule has 0 spiro atoms. The van der Waals surface area contributed by atoms with Crippen LogP contribution in [0.3, 0.4) is 0 Å². The number of carbonyl (C=O) groups is 1. The van der Waals surface area contributed by atoms with Gasteiger partial charge >= 0.3 is 0 Å². The molecule has 0 radical (unpaired) electrons. The molecule has 0 aliphatic carbocycles. The van der Waals surface area contributed by atoms with Crippen molar-refractivity contribution in [3.8, 4) is 0 Å². The van der Waals surface area contributed by atoms with Gasteiger partial charge in [0.2, 0.25) is 0 Å². The lowest BCUT2D eigenvalue weighted by molar-refractivity contribution is 0.103. The SMILES string of the molecule is Cc1ccsc1C(=O)Nc1ccc(C(C)C)cc1C(C)C. The van der Waals surface area contributed by atoms with Gasteiger partial charge in [-0.05, 0) is 53.0 Å². The third-order valence-corrected chi connectivity index (χ3v) is 4.70. The largest absolute Gasteiger partial charge is 0.321 e. The van der Waals surface area contributed by atoms with Gasteiger partial charge in [0.05, 0.1) is 4.88 Å². The Bertz CT molecular complexity index is 640. The number of anilines is 1. The normalized spacial score (nSPS) is 11.2. The van der Waals surface area contributed by atoms with E-state index in [1.165, 1.54) is 22.5 Å². The smallest absolute Gasteiger partial charge is 0.266 e. The lowest BCUT2D eigenvalue weighted by Gasteiger charge is -2.17. The molecule has 0 aliphatic rings. The molecule has 0 saturated heterocycles. The van der Waals surface area contributed by atoms with E-state index in [2.05, 4.69) is 45.1 Å². The molecule has 2 nitrogen and oxygen atoms in total. The molecule has 21 heavy (non-hydrogen) atoms. The number of hydrogen-bond donors (Lipinski definition) is 1. The number of aryl methyl sites for hydroxylation is 1. The number of nitrogens with one attached hydrogen (secondary N) is 1. The van der Waals surface area contributed by atoms with E-state index >= 15 is 0 Å². The van der Waals surface area contributed by atoms with Crippen molar-refractivity contribution in [2.24, 2.45) is 0 Å². The Balaban J connectivity index is 2.31. The van der Waals surface area contributed by atoms with E-state index in [1.807, 2.05) is 24.4 Å². The summed E-state index contributed by atoms with van der Waals surface area (Å²) in [6.07, 6.45) is 0. The van der Waals surface area contributed by atoms with E-state index < -0.39 is 0 Å². The van der Waals surface area contributed by atoms with Crippen LogP contribution in [0.25, 0.3) is 0 Å². The standard InChI is InChI=1S/C18H23NOS/c1-11(2)14-6-7-16(15(10-14)12(3)4)19-18(20)17-13(5)8-9-21-17/h6-12H,1-5H3,(H,19,20). The number of amides is 1. The molecule has 0 aliphatic heterocycles. The zero-order chi connectivity index (χ0) is 15.6. The van der Waals surface area contributed by atoms with E-state index in [0.29, 0.717) is 11.8 Å². The highest BCUT2D eigenvalue weighted by Crippen LogP contribution is 2.29. The molecule has 1 heterocycles. The van der Waals surface area contributed by atoms with Crippen LogP contribution < -0.4 is 5.32 Å². The number of carbonyl (C=O) groups excluding carboxylic acids is 1. The number of hydrogen-bond acceptors (Lipinski definition) is 2. The van der Waals surface area contributed by atoms with Gasteiger partial charge in [0.15, 0.2) is 0 Å². The van der Waals surface area contributed by atoms with Gasteiger partial charge in [0.25, 0.3) is 5.91 Å². The molecule has 3 heteroatoms. The fourth-order valence-electron chi connectivity index (χ4n) is 2.32. The molecule has 1 aromatic carbocycles. The van der Waals surface area contributed by atoms with E-state index in [9.17, 15) is 4.79 Å². The first-order valence-corrected chi connectivity index (χ1v) is 8.27. The Morgan fingerprint density at radius 3 is 2.33 bits per heavy atom. The molecule has 0 bridgehead atoms. The number of thiophene rings is 1. The molecule has 0 fully saturated rings. The quantitative estimate of drug-likeness (QED) is 0.787. The minimum atomic E-state index is -0.0123. The Kier molecular flexibility index (Phi) is 4.84. The molecule has 1 amide bonds. The second-order valence-electron chi connectivity index (χ2n) is 6.04. The maximum absolute atomic E-state index is 12.4. The van der Waals surface area contributed by atoms with Crippen molar-refractivity contribution in [2.45, 2.75) is 46.5 Å². The fourth-order valence-corrected chi connectivity index (χ4v) is 3.14. The highest BCUT2D eigenvalue weighted by atomic mass is 32.1. The molecule has 112 valence electrons. The second-order valence-corrected chi connectivity index (χ2v) is 6.96. The molecule has 1 N–H and O–H groups in total. The minimum absolute atomic E-state index is 0.0123. The molecule has 2 aromatic rings. The van der Waals surface area contributed by atoms with E-state index in [-0.39, 0.29) is 5.91 Å². The average molecular weight is 301 g/mol. The summed E-state index contributed by atoms with van der Waals surface area (Å²) in [6.45, 7) is 10.7. The van der Waals surface area contributed by atoms with Gasteiger partial charge in [0.1, 0.15) is 0 Å². The van der Waals surface area contributed by atoms with Crippen molar-refractivity contribution in [2.75, 3.05) is 5.32 Å². The van der Waals surface area contributed by atoms with Gasteiger partial charge in [-0.3, -0.25) is 4.79 Å². The van der Waals surface area contributed by atoms with Crippen LogP contribution in [0.2, 0.25) is 0 Å². The van der Waals surface area contributed by atoms with Gasteiger partial charge < -0.3 is 5.32 Å². The summed E-state index contributed by atoms with van der Waals surface area (Å²) in [5.74, 6) is 0.858. The van der Waals surface area contributed by atoms with Gasteiger partial charge in [-0.2, -0.15) is 0 Å². The predicted octanol–water partition coefficient (Wildman–Crippen LogP) is 5.56. The van der Waals surface area contributed by atoms with Gasteiger partial charge in [-0.1, -0.05) is 39.8 Å². The monoisotopic (exact) mass is 301 g/mol. The van der Waals surface area contributed by atoms with Gasteiger partial charge in [-0.15, -0.1) is 11.3 Å². The Morgan fingerprint density at radius 2 is 1.81 bits per heavy atom. The maximum atomic E-state index is 12.4. The van der Waals surface area contributed by atoms with Crippen molar-refractivity contribution >= 4 is 22.9 Å². The average Bonchev–Trinajstić information content (AvgIpc) is 2.85. The highest BCUT2D eigenvalue weighted by Gasteiger charge is 2.15. The number of rotatable bonds is 4. The van der Waals surface area contributed by atoms with E-state index in [0.717, 1.165) is 16.1 Å². The van der Waals surface area contributed by atoms with Crippen LogP contribution in [0.5, 0.6) is 0 Å². The Morgan fingerprint density at radius 1 is 1.10 bits per heavy atom. The van der Waals surface area contributed by atoms with E-state index in [1.54, 1.807) is 0 Å². The van der Waals surface area contributed by atoms with Crippen LogP contribution in [0, 0.1) is 6.92 Å². The summed E-state index contributed by atoms with van der Waals surface area (Å²) in [5, 5.41) is 5.03. The van der Waals surface area contributed by atoms with Crippen molar-refractivity contribution in [1.29, 1.82) is 0 Å². The van der Waals surface area contributed by atoms with Crippen molar-refractivity contribution in [3.05, 3.63) is 51.2 Å². The first-order valence-electron chi connectivity index (χ1n) is 7.39. The molecule has 2 rings (SSSR count). The summed E-state index contributed by atoms with van der Waals surface area (Å²) in [4.78, 5) is 13.2. The van der Waals surface area contributed by atoms with Crippen LogP contribution >= 0.6 is 11.3 Å². The van der Waals surface area contributed by atoms with Crippen molar-refractivity contribution < 1.29 is 4.79 Å². The Labute approximate surface area is 131 Å². The lowest BCUT2D eigenvalue weighted by Crippen LogP contribution is -2.13. The second kappa shape index (κ2) is 6.44. The minimum Gasteiger partial charge on any atom is -0.321 e. The van der Waals surface area contributed by atoms with Crippen molar-refractivity contribution in [3.63, 3.8) is 0 Å². The summed E-state index contributed by atoms with van der Waals surface area (Å²) in [5.41, 5.74) is 4.46. The van der Waals surface area contributed by atoms with Gasteiger partial charge in [-0.25, -0.2) is 0 Å². The Hall–Kier alpha value is -1.61. The molecule has 0 saturated carbocycles. The summed E-state index contributed by atoms with van der Waals surface area (Å²) in [6, 6.07) is 8.33. The third-order valence-electron chi connectivity index (χ3n) is 3.68. The summed E-state index contributed by atoms with van der Waals surface area (Å²) in [7, 11) is 0. The van der Waals surface area contributed by atoms with Crippen molar-refractivity contribution in [1.82, 2.24) is 0 Å². The van der Waals surface area contributed by atoms with Crippen LogP contribution in [-0.2, 0) is 0 Å². The lowest BCUT2D eigenvalue weighted by atomic mass is 9.94. The predicted molar refractivity (Wildman–Crippen MR) is 91.6 cm³/mol. The fraction of sp³-hybridized carbons (Fsp3) is 0.389. The highest BCUT2D eigenvalue weighted by molar-refractivity contribution is 7.12.